The van der Waals surface area contributed by atoms with Crippen molar-refractivity contribution in [2.75, 3.05) is 51.3 Å². The lowest BCUT2D eigenvalue weighted by atomic mass is 10.4. The Hall–Kier alpha value is -1.44. The highest BCUT2D eigenvalue weighted by atomic mass is 16.5. The molecule has 1 saturated heterocycles. The lowest BCUT2D eigenvalue weighted by molar-refractivity contribution is -0.115. The third-order valence-corrected chi connectivity index (χ3v) is 2.70. The molecule has 0 radical (unpaired) electrons. The van der Waals surface area contributed by atoms with Crippen LogP contribution in [0, 0.1) is 0 Å². The van der Waals surface area contributed by atoms with Gasteiger partial charge < -0.3 is 19.9 Å². The summed E-state index contributed by atoms with van der Waals surface area (Å²) < 4.78 is 9.88. The SMILES string of the molecule is O=C(CNCCN1CCOCC1)Nc1ccon1. The summed E-state index contributed by atoms with van der Waals surface area (Å²) in [7, 11) is 0. The second-order valence-corrected chi connectivity index (χ2v) is 4.06. The Morgan fingerprint density at radius 2 is 2.28 bits per heavy atom. The van der Waals surface area contributed by atoms with E-state index in [9.17, 15) is 4.79 Å². The molecule has 100 valence electrons. The molecular formula is C11H18N4O3. The van der Waals surface area contributed by atoms with Crippen LogP contribution in [0.2, 0.25) is 0 Å². The van der Waals surface area contributed by atoms with E-state index in [1.54, 1.807) is 6.07 Å². The number of nitrogens with zero attached hydrogens (tertiary/aromatic N) is 2. The highest BCUT2D eigenvalue weighted by Gasteiger charge is 2.09. The van der Waals surface area contributed by atoms with E-state index in [2.05, 4.69) is 25.2 Å². The number of anilines is 1. The van der Waals surface area contributed by atoms with Gasteiger partial charge in [-0.1, -0.05) is 5.16 Å². The molecule has 7 heteroatoms. The molecule has 1 fully saturated rings. The van der Waals surface area contributed by atoms with E-state index in [0.717, 1.165) is 39.4 Å². The molecule has 0 aromatic carbocycles. The van der Waals surface area contributed by atoms with Crippen LogP contribution in [0.15, 0.2) is 16.9 Å². The van der Waals surface area contributed by atoms with Crippen molar-refractivity contribution in [3.05, 3.63) is 12.3 Å². The quantitative estimate of drug-likeness (QED) is 0.668. The first-order valence-corrected chi connectivity index (χ1v) is 6.05. The average molecular weight is 254 g/mol. The second-order valence-electron chi connectivity index (χ2n) is 4.06. The number of carbonyl (C=O) groups is 1. The summed E-state index contributed by atoms with van der Waals surface area (Å²) in [5.41, 5.74) is 0. The number of hydrogen-bond acceptors (Lipinski definition) is 6. The molecule has 2 rings (SSSR count). The third-order valence-electron chi connectivity index (χ3n) is 2.70. The van der Waals surface area contributed by atoms with Gasteiger partial charge in [-0.25, -0.2) is 0 Å². The van der Waals surface area contributed by atoms with Crippen LogP contribution in [0.5, 0.6) is 0 Å². The Balaban J connectivity index is 1.53. The van der Waals surface area contributed by atoms with Gasteiger partial charge in [0.15, 0.2) is 5.82 Å². The zero-order valence-corrected chi connectivity index (χ0v) is 10.2. The molecule has 1 aromatic rings. The summed E-state index contributed by atoms with van der Waals surface area (Å²) in [6, 6.07) is 1.60. The summed E-state index contributed by atoms with van der Waals surface area (Å²) in [5.74, 6) is 0.320. The Bertz CT molecular complexity index is 349. The zero-order valence-electron chi connectivity index (χ0n) is 10.2. The van der Waals surface area contributed by atoms with Crippen LogP contribution in [0.1, 0.15) is 0 Å². The largest absolute Gasteiger partial charge is 0.379 e. The highest BCUT2D eigenvalue weighted by molar-refractivity contribution is 5.91. The number of morpholine rings is 1. The predicted octanol–water partition coefficient (Wildman–Crippen LogP) is -0.465. The summed E-state index contributed by atoms with van der Waals surface area (Å²) in [4.78, 5) is 13.8. The van der Waals surface area contributed by atoms with Gasteiger partial charge in [0.05, 0.1) is 19.8 Å². The number of nitrogens with one attached hydrogen (secondary N) is 2. The minimum Gasteiger partial charge on any atom is -0.379 e. The van der Waals surface area contributed by atoms with Gasteiger partial charge >= 0.3 is 0 Å². The molecule has 1 aliphatic rings. The van der Waals surface area contributed by atoms with Crippen LogP contribution in [0.3, 0.4) is 0 Å². The standard InChI is InChI=1S/C11H18N4O3/c16-11(13-10-1-6-18-14-10)9-12-2-3-15-4-7-17-8-5-15/h1,6,12H,2-5,7-9H2,(H,13,14,16). The first-order chi connectivity index (χ1) is 8.84. The average Bonchev–Trinajstić information content (AvgIpc) is 2.89. The van der Waals surface area contributed by atoms with E-state index in [0.29, 0.717) is 5.82 Å². The molecule has 1 amide bonds. The van der Waals surface area contributed by atoms with Crippen LogP contribution in [0.25, 0.3) is 0 Å². The fraction of sp³-hybridized carbons (Fsp3) is 0.636. The van der Waals surface area contributed by atoms with Crippen molar-refractivity contribution in [3.8, 4) is 0 Å². The maximum Gasteiger partial charge on any atom is 0.239 e. The molecule has 1 aromatic heterocycles. The second kappa shape index (κ2) is 7.10. The fourth-order valence-corrected chi connectivity index (χ4v) is 1.73. The monoisotopic (exact) mass is 254 g/mol. The Morgan fingerprint density at radius 3 is 3.00 bits per heavy atom. The van der Waals surface area contributed by atoms with Gasteiger partial charge in [0, 0.05) is 32.2 Å². The molecule has 0 bridgehead atoms. The number of rotatable bonds is 6. The van der Waals surface area contributed by atoms with E-state index in [-0.39, 0.29) is 12.5 Å². The predicted molar refractivity (Wildman–Crippen MR) is 65.3 cm³/mol. The third kappa shape index (κ3) is 4.44. The highest BCUT2D eigenvalue weighted by Crippen LogP contribution is 1.99. The van der Waals surface area contributed by atoms with Gasteiger partial charge in [-0.2, -0.15) is 0 Å². The van der Waals surface area contributed by atoms with Crippen molar-refractivity contribution in [3.63, 3.8) is 0 Å². The Morgan fingerprint density at radius 1 is 1.44 bits per heavy atom. The maximum atomic E-state index is 11.5. The molecule has 0 spiro atoms. The van der Waals surface area contributed by atoms with Gasteiger partial charge in [0.25, 0.3) is 0 Å². The van der Waals surface area contributed by atoms with Crippen LogP contribution in [0.4, 0.5) is 5.82 Å². The molecule has 0 aliphatic carbocycles. The van der Waals surface area contributed by atoms with Crippen molar-refractivity contribution < 1.29 is 14.1 Å². The number of ether oxygens (including phenoxy) is 1. The van der Waals surface area contributed by atoms with E-state index < -0.39 is 0 Å². The Labute approximate surface area is 105 Å². The molecule has 0 atom stereocenters. The lowest BCUT2D eigenvalue weighted by Crippen LogP contribution is -2.41. The first-order valence-electron chi connectivity index (χ1n) is 6.05. The molecule has 2 heterocycles. The molecule has 2 N–H and O–H groups in total. The van der Waals surface area contributed by atoms with Crippen molar-refractivity contribution in [2.24, 2.45) is 0 Å². The van der Waals surface area contributed by atoms with E-state index >= 15 is 0 Å². The van der Waals surface area contributed by atoms with Crippen molar-refractivity contribution in [1.82, 2.24) is 15.4 Å². The number of hydrogen-bond donors (Lipinski definition) is 2. The van der Waals surface area contributed by atoms with E-state index in [1.165, 1.54) is 6.26 Å². The van der Waals surface area contributed by atoms with Gasteiger partial charge in [0.2, 0.25) is 5.91 Å². The number of amides is 1. The smallest absolute Gasteiger partial charge is 0.239 e. The number of aromatic nitrogens is 1. The minimum atomic E-state index is -0.120. The first kappa shape index (κ1) is 13.0. The molecule has 1 aliphatic heterocycles. The molecule has 7 nitrogen and oxygen atoms in total. The van der Waals surface area contributed by atoms with E-state index in [1.807, 2.05) is 0 Å². The summed E-state index contributed by atoms with van der Waals surface area (Å²) in [6.45, 7) is 5.52. The normalized spacial score (nSPS) is 16.7. The van der Waals surface area contributed by atoms with Crippen LogP contribution >= 0.6 is 0 Å². The maximum absolute atomic E-state index is 11.5. The van der Waals surface area contributed by atoms with Gasteiger partial charge in [-0.15, -0.1) is 0 Å². The summed E-state index contributed by atoms with van der Waals surface area (Å²) >= 11 is 0. The van der Waals surface area contributed by atoms with Crippen LogP contribution < -0.4 is 10.6 Å². The van der Waals surface area contributed by atoms with Crippen LogP contribution in [-0.2, 0) is 9.53 Å². The topological polar surface area (TPSA) is 79.6 Å². The zero-order chi connectivity index (χ0) is 12.6. The molecule has 0 unspecified atom stereocenters. The van der Waals surface area contributed by atoms with Crippen LogP contribution in [-0.4, -0.2) is 61.9 Å². The van der Waals surface area contributed by atoms with Gasteiger partial charge in [-0.05, 0) is 0 Å². The van der Waals surface area contributed by atoms with Crippen molar-refractivity contribution in [2.45, 2.75) is 0 Å². The Kier molecular flexibility index (Phi) is 5.13. The summed E-state index contributed by atoms with van der Waals surface area (Å²) in [5, 5.41) is 9.31. The van der Waals surface area contributed by atoms with Crippen molar-refractivity contribution >= 4 is 11.7 Å². The minimum absolute atomic E-state index is 0.120. The molecule has 18 heavy (non-hydrogen) atoms. The summed E-state index contributed by atoms with van der Waals surface area (Å²) in [6.07, 6.45) is 1.42. The molecular weight excluding hydrogens is 236 g/mol. The van der Waals surface area contributed by atoms with Gasteiger partial charge in [-0.3, -0.25) is 9.69 Å². The lowest BCUT2D eigenvalue weighted by Gasteiger charge is -2.26. The fourth-order valence-electron chi connectivity index (χ4n) is 1.73. The molecule has 0 saturated carbocycles. The van der Waals surface area contributed by atoms with Gasteiger partial charge in [0.1, 0.15) is 6.26 Å². The van der Waals surface area contributed by atoms with Crippen molar-refractivity contribution in [1.29, 1.82) is 0 Å². The number of carbonyl (C=O) groups excluding carboxylic acids is 1. The van der Waals surface area contributed by atoms with E-state index in [4.69, 9.17) is 4.74 Å².